The smallest absolute Gasteiger partial charge is 0.131 e. The number of nitrogens with two attached hydrogens (primary N) is 1. The summed E-state index contributed by atoms with van der Waals surface area (Å²) < 4.78 is 5.73. The van der Waals surface area contributed by atoms with Gasteiger partial charge in [-0.2, -0.15) is 0 Å². The van der Waals surface area contributed by atoms with Crippen molar-refractivity contribution in [3.63, 3.8) is 0 Å². The second-order valence-electron chi connectivity index (χ2n) is 3.83. The topological polar surface area (TPSA) is 48.1 Å². The van der Waals surface area contributed by atoms with Crippen molar-refractivity contribution >= 4 is 22.9 Å². The zero-order valence-electron chi connectivity index (χ0n) is 10.1. The average Bonchev–Trinajstić information content (AvgIpc) is 2.85. The van der Waals surface area contributed by atoms with Gasteiger partial charge in [0.1, 0.15) is 12.4 Å². The van der Waals surface area contributed by atoms with Crippen molar-refractivity contribution in [2.45, 2.75) is 26.5 Å². The number of aryl methyl sites for hydroxylation is 1. The van der Waals surface area contributed by atoms with Crippen LogP contribution < -0.4 is 10.5 Å². The van der Waals surface area contributed by atoms with Crippen molar-refractivity contribution < 1.29 is 4.74 Å². The first kappa shape index (κ1) is 13.3. The van der Waals surface area contributed by atoms with Crippen LogP contribution in [0.2, 0.25) is 5.02 Å². The summed E-state index contributed by atoms with van der Waals surface area (Å²) in [6.45, 7) is 2.97. The first-order valence-electron chi connectivity index (χ1n) is 5.77. The van der Waals surface area contributed by atoms with E-state index in [-0.39, 0.29) is 0 Å². The van der Waals surface area contributed by atoms with Gasteiger partial charge in [0.15, 0.2) is 0 Å². The summed E-state index contributed by atoms with van der Waals surface area (Å²) in [6, 6.07) is 5.47. The molecule has 0 amide bonds. The molecule has 0 aliphatic rings. The van der Waals surface area contributed by atoms with Crippen molar-refractivity contribution in [1.82, 2.24) is 4.98 Å². The molecule has 1 aromatic carbocycles. The number of benzene rings is 1. The fraction of sp³-hybridized carbons (Fsp3) is 0.308. The van der Waals surface area contributed by atoms with Crippen LogP contribution in [0.3, 0.4) is 0 Å². The van der Waals surface area contributed by atoms with Gasteiger partial charge in [0, 0.05) is 22.5 Å². The first-order chi connectivity index (χ1) is 8.72. The van der Waals surface area contributed by atoms with Crippen LogP contribution >= 0.6 is 22.9 Å². The summed E-state index contributed by atoms with van der Waals surface area (Å²) in [7, 11) is 0. The molecule has 2 N–H and O–H groups in total. The number of rotatable bonds is 5. The van der Waals surface area contributed by atoms with E-state index in [1.165, 1.54) is 0 Å². The molecule has 3 nitrogen and oxygen atoms in total. The molecule has 1 aromatic heterocycles. The maximum Gasteiger partial charge on any atom is 0.131 e. The van der Waals surface area contributed by atoms with Crippen LogP contribution in [0.15, 0.2) is 23.6 Å². The number of nitrogens with zero attached hydrogens (tertiary/aromatic N) is 1. The summed E-state index contributed by atoms with van der Waals surface area (Å²) in [5.74, 6) is 0.771. The molecule has 0 fully saturated rings. The maximum atomic E-state index is 5.91. The van der Waals surface area contributed by atoms with Crippen LogP contribution in [-0.4, -0.2) is 4.98 Å². The molecule has 5 heteroatoms. The van der Waals surface area contributed by atoms with Gasteiger partial charge in [-0.3, -0.25) is 0 Å². The van der Waals surface area contributed by atoms with Crippen LogP contribution in [0.5, 0.6) is 5.75 Å². The van der Waals surface area contributed by atoms with Crippen LogP contribution in [0.25, 0.3) is 0 Å². The second kappa shape index (κ2) is 6.18. The second-order valence-corrected chi connectivity index (χ2v) is 5.21. The minimum absolute atomic E-state index is 0.410. The van der Waals surface area contributed by atoms with E-state index < -0.39 is 0 Å². The van der Waals surface area contributed by atoms with Crippen LogP contribution in [-0.2, 0) is 19.6 Å². The highest BCUT2D eigenvalue weighted by Crippen LogP contribution is 2.23. The summed E-state index contributed by atoms with van der Waals surface area (Å²) in [4.78, 5) is 4.45. The largest absolute Gasteiger partial charge is 0.487 e. The monoisotopic (exact) mass is 282 g/mol. The number of thiazole rings is 1. The van der Waals surface area contributed by atoms with Crippen LogP contribution in [0.4, 0.5) is 0 Å². The van der Waals surface area contributed by atoms with E-state index >= 15 is 0 Å². The number of aromatic nitrogens is 1. The van der Waals surface area contributed by atoms with Crippen molar-refractivity contribution in [1.29, 1.82) is 0 Å². The molecule has 96 valence electrons. The molecule has 0 atom stereocenters. The predicted octanol–water partition coefficient (Wildman–Crippen LogP) is 3.40. The number of hydrogen-bond acceptors (Lipinski definition) is 4. The number of halogens is 1. The molecule has 18 heavy (non-hydrogen) atoms. The molecule has 0 saturated carbocycles. The van der Waals surface area contributed by atoms with E-state index in [1.807, 2.05) is 17.5 Å². The number of hydrogen-bond donors (Lipinski definition) is 1. The number of ether oxygens (including phenoxy) is 1. The van der Waals surface area contributed by atoms with Gasteiger partial charge in [-0.05, 0) is 24.6 Å². The lowest BCUT2D eigenvalue weighted by Gasteiger charge is -2.09. The summed E-state index contributed by atoms with van der Waals surface area (Å²) in [5, 5.41) is 3.82. The van der Waals surface area contributed by atoms with Gasteiger partial charge in [-0.1, -0.05) is 18.5 Å². The van der Waals surface area contributed by atoms with Crippen molar-refractivity contribution in [3.8, 4) is 5.75 Å². The molecule has 1 heterocycles. The Labute approximate surface area is 116 Å². The highest BCUT2D eigenvalue weighted by atomic mass is 35.5. The maximum absolute atomic E-state index is 5.91. The third-order valence-corrected chi connectivity index (χ3v) is 3.80. The van der Waals surface area contributed by atoms with E-state index in [1.54, 1.807) is 17.4 Å². The Morgan fingerprint density at radius 1 is 1.44 bits per heavy atom. The fourth-order valence-corrected chi connectivity index (χ4v) is 2.50. The molecule has 2 rings (SSSR count). The molecule has 0 saturated heterocycles. The van der Waals surface area contributed by atoms with E-state index in [0.29, 0.717) is 18.2 Å². The first-order valence-corrected chi connectivity index (χ1v) is 7.03. The molecule has 2 aromatic rings. The molecular weight excluding hydrogens is 268 g/mol. The van der Waals surface area contributed by atoms with Gasteiger partial charge in [0.2, 0.25) is 0 Å². The molecule has 0 bridgehead atoms. The Kier molecular flexibility index (Phi) is 4.58. The Morgan fingerprint density at radius 3 is 2.94 bits per heavy atom. The fourth-order valence-electron chi connectivity index (χ4n) is 1.58. The van der Waals surface area contributed by atoms with Crippen molar-refractivity contribution in [2.75, 3.05) is 0 Å². The molecule has 0 spiro atoms. The SMILES string of the molecule is CCc1nc(COc2ccc(Cl)cc2CN)cs1. The Hall–Kier alpha value is -1.10. The summed E-state index contributed by atoms with van der Waals surface area (Å²) in [6.07, 6.45) is 0.958. The van der Waals surface area contributed by atoms with Crippen molar-refractivity contribution in [3.05, 3.63) is 44.9 Å². The highest BCUT2D eigenvalue weighted by molar-refractivity contribution is 7.09. The lowest BCUT2D eigenvalue weighted by Crippen LogP contribution is -2.03. The van der Waals surface area contributed by atoms with Crippen LogP contribution in [0, 0.1) is 0 Å². The van der Waals surface area contributed by atoms with Gasteiger partial charge >= 0.3 is 0 Å². The van der Waals surface area contributed by atoms with Gasteiger partial charge in [0.25, 0.3) is 0 Å². The Morgan fingerprint density at radius 2 is 2.28 bits per heavy atom. The lowest BCUT2D eigenvalue weighted by atomic mass is 10.2. The standard InChI is InChI=1S/C13H15ClN2OS/c1-2-13-16-11(8-18-13)7-17-12-4-3-10(14)5-9(12)6-15/h3-5,8H,2,6-7,15H2,1H3. The van der Waals surface area contributed by atoms with Crippen molar-refractivity contribution in [2.24, 2.45) is 5.73 Å². The highest BCUT2D eigenvalue weighted by Gasteiger charge is 2.05. The van der Waals surface area contributed by atoms with E-state index in [9.17, 15) is 0 Å². The zero-order valence-corrected chi connectivity index (χ0v) is 11.7. The van der Waals surface area contributed by atoms with Crippen LogP contribution in [0.1, 0.15) is 23.2 Å². The van der Waals surface area contributed by atoms with E-state index in [0.717, 1.165) is 28.4 Å². The quantitative estimate of drug-likeness (QED) is 0.914. The van der Waals surface area contributed by atoms with E-state index in [2.05, 4.69) is 11.9 Å². The third kappa shape index (κ3) is 3.22. The van der Waals surface area contributed by atoms with Gasteiger partial charge in [-0.15, -0.1) is 11.3 Å². The molecule has 0 aliphatic carbocycles. The molecule has 0 unspecified atom stereocenters. The average molecular weight is 283 g/mol. The third-order valence-electron chi connectivity index (χ3n) is 2.52. The Bertz CT molecular complexity index is 527. The predicted molar refractivity (Wildman–Crippen MR) is 75.2 cm³/mol. The Balaban J connectivity index is 2.05. The minimum atomic E-state index is 0.410. The van der Waals surface area contributed by atoms with Gasteiger partial charge in [0.05, 0.1) is 10.7 Å². The molecular formula is C13H15ClN2OS. The van der Waals surface area contributed by atoms with E-state index in [4.69, 9.17) is 22.1 Å². The summed E-state index contributed by atoms with van der Waals surface area (Å²) >= 11 is 7.57. The van der Waals surface area contributed by atoms with Gasteiger partial charge in [-0.25, -0.2) is 4.98 Å². The molecule has 0 radical (unpaired) electrons. The zero-order chi connectivity index (χ0) is 13.0. The van der Waals surface area contributed by atoms with Gasteiger partial charge < -0.3 is 10.5 Å². The molecule has 0 aliphatic heterocycles. The summed E-state index contributed by atoms with van der Waals surface area (Å²) in [5.41, 5.74) is 7.53. The minimum Gasteiger partial charge on any atom is -0.487 e. The lowest BCUT2D eigenvalue weighted by molar-refractivity contribution is 0.299. The normalized spacial score (nSPS) is 10.6.